The van der Waals surface area contributed by atoms with E-state index in [0.717, 1.165) is 29.8 Å². The third kappa shape index (κ3) is 1.57. The minimum atomic E-state index is 0.334. The van der Waals surface area contributed by atoms with Crippen molar-refractivity contribution in [3.63, 3.8) is 0 Å². The van der Waals surface area contributed by atoms with Crippen LogP contribution in [0.4, 0.5) is 0 Å². The van der Waals surface area contributed by atoms with Gasteiger partial charge in [0.15, 0.2) is 0 Å². The summed E-state index contributed by atoms with van der Waals surface area (Å²) < 4.78 is 0. The maximum absolute atomic E-state index is 10.4. The fourth-order valence-electron chi connectivity index (χ4n) is 8.80. The maximum atomic E-state index is 10.4. The van der Waals surface area contributed by atoms with Crippen molar-refractivity contribution in [2.75, 3.05) is 19.6 Å². The van der Waals surface area contributed by atoms with Crippen LogP contribution in [0.3, 0.4) is 0 Å². The van der Waals surface area contributed by atoms with Crippen LogP contribution in [0.15, 0.2) is 18.2 Å². The van der Waals surface area contributed by atoms with Crippen molar-refractivity contribution >= 4 is 0 Å². The average Bonchev–Trinajstić information content (AvgIpc) is 3.29. The number of rotatable bonds is 2. The SMILES string of the molecule is Oc1ccc2c(c1)C13CCN(CC4CC4)C(C2)C12CCC1NC[C@@H](C2)C13. The van der Waals surface area contributed by atoms with Crippen LogP contribution in [0, 0.1) is 23.2 Å². The van der Waals surface area contributed by atoms with Crippen molar-refractivity contribution < 1.29 is 5.11 Å². The third-order valence-corrected chi connectivity index (χ3v) is 9.62. The molecular formula is C23H30N2O. The third-order valence-electron chi connectivity index (χ3n) is 9.62. The zero-order valence-corrected chi connectivity index (χ0v) is 15.6. The first kappa shape index (κ1) is 14.9. The lowest BCUT2D eigenvalue weighted by Crippen LogP contribution is -2.69. The molecule has 2 aliphatic heterocycles. The lowest BCUT2D eigenvalue weighted by Gasteiger charge is -2.66. The van der Waals surface area contributed by atoms with Crippen LogP contribution in [-0.2, 0) is 11.8 Å². The van der Waals surface area contributed by atoms with Gasteiger partial charge in [0.2, 0.25) is 0 Å². The number of phenols is 1. The molecule has 0 amide bonds. The van der Waals surface area contributed by atoms with E-state index in [9.17, 15) is 5.11 Å². The number of nitrogens with zero attached hydrogens (tertiary/aromatic N) is 1. The number of phenolic OH excluding ortho intramolecular Hbond substituents is 1. The summed E-state index contributed by atoms with van der Waals surface area (Å²) in [6.45, 7) is 3.88. The number of piperidine rings is 1. The molecule has 7 rings (SSSR count). The molecule has 0 radical (unpaired) electrons. The highest BCUT2D eigenvalue weighted by Gasteiger charge is 2.74. The Morgan fingerprint density at radius 1 is 1.19 bits per heavy atom. The summed E-state index contributed by atoms with van der Waals surface area (Å²) in [5.41, 5.74) is 3.92. The summed E-state index contributed by atoms with van der Waals surface area (Å²) in [5.74, 6) is 3.14. The van der Waals surface area contributed by atoms with Gasteiger partial charge in [-0.3, -0.25) is 4.90 Å². The molecule has 138 valence electrons. The lowest BCUT2D eigenvalue weighted by molar-refractivity contribution is -0.0941. The molecule has 4 aliphatic carbocycles. The molecule has 1 aromatic rings. The van der Waals surface area contributed by atoms with E-state index in [4.69, 9.17) is 0 Å². The minimum Gasteiger partial charge on any atom is -0.508 e. The van der Waals surface area contributed by atoms with Gasteiger partial charge in [-0.15, -0.1) is 0 Å². The van der Waals surface area contributed by atoms with Gasteiger partial charge in [-0.25, -0.2) is 0 Å². The van der Waals surface area contributed by atoms with Gasteiger partial charge in [0, 0.05) is 24.0 Å². The standard InChI is InChI=1S/C23H30N2O/c26-17-4-3-15-9-20-22-6-5-19-21(16(11-22)12-24-19)23(22,18(15)10-17)7-8-25(20)13-14-1-2-14/h3-4,10,14,16,19-21,24,26H,1-2,5-9,11-13H2/t16-,19?,20?,21?,22?,23?/m1/s1. The van der Waals surface area contributed by atoms with Gasteiger partial charge in [-0.05, 0) is 104 Å². The average molecular weight is 351 g/mol. The van der Waals surface area contributed by atoms with Gasteiger partial charge < -0.3 is 10.4 Å². The Hall–Kier alpha value is -1.06. The summed E-state index contributed by atoms with van der Waals surface area (Å²) in [6.07, 6.45) is 9.69. The lowest BCUT2D eigenvalue weighted by atomic mass is 9.43. The highest BCUT2D eigenvalue weighted by atomic mass is 16.3. The van der Waals surface area contributed by atoms with E-state index in [0.29, 0.717) is 16.6 Å². The molecule has 0 spiro atoms. The quantitative estimate of drug-likeness (QED) is 0.860. The predicted octanol–water partition coefficient (Wildman–Crippen LogP) is 3.06. The highest BCUT2D eigenvalue weighted by Crippen LogP contribution is 2.74. The van der Waals surface area contributed by atoms with Gasteiger partial charge in [0.25, 0.3) is 0 Å². The van der Waals surface area contributed by atoms with Crippen LogP contribution in [0.25, 0.3) is 0 Å². The number of hydrogen-bond donors (Lipinski definition) is 2. The second-order valence-corrected chi connectivity index (χ2v) is 10.4. The summed E-state index contributed by atoms with van der Waals surface area (Å²) in [7, 11) is 0. The number of fused-ring (bicyclic) bond motifs is 1. The second-order valence-electron chi connectivity index (χ2n) is 10.4. The molecule has 0 aromatic heterocycles. The van der Waals surface area contributed by atoms with E-state index in [1.807, 2.05) is 6.07 Å². The first-order chi connectivity index (χ1) is 12.7. The molecule has 2 heterocycles. The van der Waals surface area contributed by atoms with Crippen molar-refractivity contribution in [1.29, 1.82) is 0 Å². The molecule has 2 saturated heterocycles. The van der Waals surface area contributed by atoms with Crippen molar-refractivity contribution in [3.8, 4) is 5.75 Å². The first-order valence-corrected chi connectivity index (χ1v) is 11.0. The van der Waals surface area contributed by atoms with Crippen LogP contribution < -0.4 is 5.32 Å². The second kappa shape index (κ2) is 4.67. The molecule has 3 heteroatoms. The van der Waals surface area contributed by atoms with Gasteiger partial charge >= 0.3 is 0 Å². The van der Waals surface area contributed by atoms with E-state index in [-0.39, 0.29) is 0 Å². The van der Waals surface area contributed by atoms with Crippen LogP contribution >= 0.6 is 0 Å². The van der Waals surface area contributed by atoms with Gasteiger partial charge in [0.05, 0.1) is 0 Å². The Morgan fingerprint density at radius 3 is 3.00 bits per heavy atom. The fraction of sp³-hybridized carbons (Fsp3) is 0.739. The Morgan fingerprint density at radius 2 is 2.12 bits per heavy atom. The van der Waals surface area contributed by atoms with E-state index >= 15 is 0 Å². The molecule has 4 bridgehead atoms. The summed E-state index contributed by atoms with van der Waals surface area (Å²) in [6, 6.07) is 7.85. The van der Waals surface area contributed by atoms with Crippen molar-refractivity contribution in [3.05, 3.63) is 29.3 Å². The Labute approximate surface area is 156 Å². The van der Waals surface area contributed by atoms with Gasteiger partial charge in [-0.2, -0.15) is 0 Å². The molecule has 26 heavy (non-hydrogen) atoms. The Balaban J connectivity index is 1.46. The maximum Gasteiger partial charge on any atom is 0.115 e. The number of aromatic hydroxyl groups is 1. The molecule has 2 N–H and O–H groups in total. The van der Waals surface area contributed by atoms with E-state index in [1.165, 1.54) is 64.6 Å². The first-order valence-electron chi connectivity index (χ1n) is 11.0. The fourth-order valence-corrected chi connectivity index (χ4v) is 8.80. The van der Waals surface area contributed by atoms with E-state index < -0.39 is 0 Å². The van der Waals surface area contributed by atoms with Crippen LogP contribution in [-0.4, -0.2) is 41.7 Å². The van der Waals surface area contributed by atoms with Crippen LogP contribution in [0.5, 0.6) is 5.75 Å². The molecule has 3 nitrogen and oxygen atoms in total. The molecule has 1 aromatic carbocycles. The Kier molecular flexibility index (Phi) is 2.68. The zero-order chi connectivity index (χ0) is 17.1. The number of hydrogen-bond acceptors (Lipinski definition) is 3. The molecule has 3 saturated carbocycles. The zero-order valence-electron chi connectivity index (χ0n) is 15.6. The number of nitrogens with one attached hydrogen (secondary N) is 1. The molecule has 5 unspecified atom stereocenters. The van der Waals surface area contributed by atoms with Crippen LogP contribution in [0.1, 0.15) is 49.7 Å². The minimum absolute atomic E-state index is 0.334. The van der Waals surface area contributed by atoms with Crippen molar-refractivity contribution in [2.45, 2.75) is 62.4 Å². The number of likely N-dealkylation sites (tertiary alicyclic amines) is 1. The topological polar surface area (TPSA) is 35.5 Å². The number of benzene rings is 1. The molecular weight excluding hydrogens is 320 g/mol. The summed E-state index contributed by atoms with van der Waals surface area (Å²) in [4.78, 5) is 2.93. The summed E-state index contributed by atoms with van der Waals surface area (Å²) >= 11 is 0. The molecule has 6 aliphatic rings. The van der Waals surface area contributed by atoms with Gasteiger partial charge in [0.1, 0.15) is 5.75 Å². The molecule has 5 fully saturated rings. The monoisotopic (exact) mass is 350 g/mol. The van der Waals surface area contributed by atoms with Crippen molar-refractivity contribution in [1.82, 2.24) is 10.2 Å². The normalized spacial score (nSPS) is 48.3. The smallest absolute Gasteiger partial charge is 0.115 e. The van der Waals surface area contributed by atoms with E-state index in [1.54, 1.807) is 11.1 Å². The van der Waals surface area contributed by atoms with Crippen molar-refractivity contribution in [2.24, 2.45) is 23.2 Å². The predicted molar refractivity (Wildman–Crippen MR) is 101 cm³/mol. The largest absolute Gasteiger partial charge is 0.508 e. The van der Waals surface area contributed by atoms with Gasteiger partial charge in [-0.1, -0.05) is 6.07 Å². The Bertz CT molecular complexity index is 788. The molecule has 6 atom stereocenters. The highest BCUT2D eigenvalue weighted by molar-refractivity contribution is 5.50. The summed E-state index contributed by atoms with van der Waals surface area (Å²) in [5, 5.41) is 14.3. The van der Waals surface area contributed by atoms with Crippen LogP contribution in [0.2, 0.25) is 0 Å². The van der Waals surface area contributed by atoms with E-state index in [2.05, 4.69) is 22.3 Å².